The normalized spacial score (nSPS) is 10.8. The number of nitrogens with one attached hydrogen (secondary N) is 3. The maximum absolute atomic E-state index is 8.98. The zero-order chi connectivity index (χ0) is 13.7. The molecule has 2 aromatic heterocycles. The second-order valence-electron chi connectivity index (χ2n) is 4.72. The number of aromatic nitrogens is 3. The van der Waals surface area contributed by atoms with Crippen molar-refractivity contribution in [2.24, 2.45) is 0 Å². The summed E-state index contributed by atoms with van der Waals surface area (Å²) in [5.74, 6) is 1.34. The first-order chi connectivity index (χ1) is 9.09. The van der Waals surface area contributed by atoms with Gasteiger partial charge in [-0.05, 0) is 25.5 Å². The van der Waals surface area contributed by atoms with Crippen LogP contribution in [0.15, 0.2) is 30.9 Å². The lowest BCUT2D eigenvalue weighted by molar-refractivity contribution is 0.723. The first-order valence-electron chi connectivity index (χ1n) is 5.96. The van der Waals surface area contributed by atoms with Gasteiger partial charge in [-0.25, -0.2) is 9.97 Å². The summed E-state index contributed by atoms with van der Waals surface area (Å²) in [7, 11) is 0. The highest BCUT2D eigenvalue weighted by Gasteiger charge is 2.16. The van der Waals surface area contributed by atoms with E-state index in [2.05, 4.69) is 31.7 Å². The van der Waals surface area contributed by atoms with Crippen molar-refractivity contribution in [3.05, 3.63) is 36.4 Å². The van der Waals surface area contributed by atoms with Crippen LogP contribution in [-0.2, 0) is 6.54 Å². The van der Waals surface area contributed by atoms with Crippen molar-refractivity contribution in [2.75, 3.05) is 10.6 Å². The molecule has 0 saturated heterocycles. The Morgan fingerprint density at radius 1 is 1.37 bits per heavy atom. The predicted octanol–water partition coefficient (Wildman–Crippen LogP) is 2.13. The Balaban J connectivity index is 2.01. The van der Waals surface area contributed by atoms with Gasteiger partial charge in [-0.3, -0.25) is 0 Å². The van der Waals surface area contributed by atoms with E-state index in [4.69, 9.17) is 5.26 Å². The van der Waals surface area contributed by atoms with Crippen molar-refractivity contribution in [2.45, 2.75) is 25.9 Å². The molecule has 0 saturated carbocycles. The molecule has 0 radical (unpaired) electrons. The predicted molar refractivity (Wildman–Crippen MR) is 73.5 cm³/mol. The fourth-order valence-electron chi connectivity index (χ4n) is 1.53. The fraction of sp³-hybridized carbons (Fsp3) is 0.308. The Morgan fingerprint density at radius 2 is 2.16 bits per heavy atom. The van der Waals surface area contributed by atoms with Crippen LogP contribution >= 0.6 is 0 Å². The average molecular weight is 256 g/mol. The van der Waals surface area contributed by atoms with Gasteiger partial charge in [0.1, 0.15) is 23.5 Å². The molecule has 6 heteroatoms. The second kappa shape index (κ2) is 5.40. The van der Waals surface area contributed by atoms with Crippen LogP contribution in [0.3, 0.4) is 0 Å². The van der Waals surface area contributed by atoms with Crippen LogP contribution in [0, 0.1) is 11.3 Å². The van der Waals surface area contributed by atoms with Crippen molar-refractivity contribution < 1.29 is 0 Å². The van der Waals surface area contributed by atoms with Gasteiger partial charge < -0.3 is 15.6 Å². The van der Waals surface area contributed by atoms with E-state index in [0.717, 1.165) is 5.56 Å². The number of hydrogen-bond donors (Lipinski definition) is 3. The number of rotatable bonds is 5. The van der Waals surface area contributed by atoms with Gasteiger partial charge in [0.25, 0.3) is 0 Å². The molecule has 2 rings (SSSR count). The molecule has 3 N–H and O–H groups in total. The molecule has 0 atom stereocenters. The van der Waals surface area contributed by atoms with Crippen LogP contribution in [0.25, 0.3) is 0 Å². The number of nitrogens with zero attached hydrogens (tertiary/aromatic N) is 3. The van der Waals surface area contributed by atoms with Gasteiger partial charge in [0.15, 0.2) is 0 Å². The van der Waals surface area contributed by atoms with E-state index >= 15 is 0 Å². The van der Waals surface area contributed by atoms with Crippen LogP contribution in [0.1, 0.15) is 19.4 Å². The first-order valence-corrected chi connectivity index (χ1v) is 5.96. The van der Waals surface area contributed by atoms with Crippen LogP contribution in [0.4, 0.5) is 11.6 Å². The van der Waals surface area contributed by atoms with E-state index in [1.807, 2.05) is 18.5 Å². The Labute approximate surface area is 111 Å². The molecule has 6 nitrogen and oxygen atoms in total. The van der Waals surface area contributed by atoms with Gasteiger partial charge in [-0.1, -0.05) is 0 Å². The van der Waals surface area contributed by atoms with Gasteiger partial charge in [0.2, 0.25) is 0 Å². The van der Waals surface area contributed by atoms with E-state index < -0.39 is 5.54 Å². The Hall–Kier alpha value is -2.55. The molecule has 0 spiro atoms. The molecule has 0 aliphatic carbocycles. The van der Waals surface area contributed by atoms with Gasteiger partial charge in [-0.15, -0.1) is 0 Å². The Kier molecular flexibility index (Phi) is 3.66. The lowest BCUT2D eigenvalue weighted by Gasteiger charge is -2.18. The number of hydrogen-bond acceptors (Lipinski definition) is 5. The molecule has 0 bridgehead atoms. The number of H-pyrrole nitrogens is 1. The largest absolute Gasteiger partial charge is 0.367 e. The van der Waals surface area contributed by atoms with E-state index in [1.165, 1.54) is 6.33 Å². The van der Waals surface area contributed by atoms with E-state index in [-0.39, 0.29) is 0 Å². The van der Waals surface area contributed by atoms with Crippen molar-refractivity contribution in [3.63, 3.8) is 0 Å². The Morgan fingerprint density at radius 3 is 2.84 bits per heavy atom. The molecule has 19 heavy (non-hydrogen) atoms. The minimum absolute atomic E-state index is 0.623. The summed E-state index contributed by atoms with van der Waals surface area (Å²) in [5, 5.41) is 15.2. The standard InChI is InChI=1S/C13H16N6/c1-13(2,8-14)19-12-5-11(17-9-18-12)16-7-10-3-4-15-6-10/h3-6,9,15H,7H2,1-2H3,(H2,16,17,18,19). The highest BCUT2D eigenvalue weighted by molar-refractivity contribution is 5.49. The van der Waals surface area contributed by atoms with E-state index in [9.17, 15) is 0 Å². The minimum atomic E-state index is -0.660. The third-order valence-corrected chi connectivity index (χ3v) is 2.52. The number of nitriles is 1. The second-order valence-corrected chi connectivity index (χ2v) is 4.72. The fourth-order valence-corrected chi connectivity index (χ4v) is 1.53. The molecule has 0 aliphatic rings. The molecule has 0 aliphatic heterocycles. The topological polar surface area (TPSA) is 89.4 Å². The van der Waals surface area contributed by atoms with Crippen molar-refractivity contribution in [1.82, 2.24) is 15.0 Å². The Bertz CT molecular complexity index is 567. The summed E-state index contributed by atoms with van der Waals surface area (Å²) in [6, 6.07) is 5.94. The van der Waals surface area contributed by atoms with Gasteiger partial charge in [-0.2, -0.15) is 5.26 Å². The van der Waals surface area contributed by atoms with Gasteiger partial charge in [0, 0.05) is 25.0 Å². The van der Waals surface area contributed by atoms with Crippen molar-refractivity contribution >= 4 is 11.6 Å². The summed E-state index contributed by atoms with van der Waals surface area (Å²) >= 11 is 0. The zero-order valence-electron chi connectivity index (χ0n) is 10.9. The van der Waals surface area contributed by atoms with Crippen molar-refractivity contribution in [3.8, 4) is 6.07 Å². The van der Waals surface area contributed by atoms with E-state index in [1.54, 1.807) is 19.9 Å². The molecule has 0 unspecified atom stereocenters. The van der Waals surface area contributed by atoms with Crippen LogP contribution in [0.2, 0.25) is 0 Å². The lowest BCUT2D eigenvalue weighted by atomic mass is 10.1. The monoisotopic (exact) mass is 256 g/mol. The van der Waals surface area contributed by atoms with Crippen LogP contribution in [0.5, 0.6) is 0 Å². The maximum Gasteiger partial charge on any atom is 0.132 e. The highest BCUT2D eigenvalue weighted by atomic mass is 15.1. The molecule has 0 aromatic carbocycles. The lowest BCUT2D eigenvalue weighted by Crippen LogP contribution is -2.29. The highest BCUT2D eigenvalue weighted by Crippen LogP contribution is 2.14. The van der Waals surface area contributed by atoms with Gasteiger partial charge >= 0.3 is 0 Å². The molecule has 0 fully saturated rings. The smallest absolute Gasteiger partial charge is 0.132 e. The summed E-state index contributed by atoms with van der Waals surface area (Å²) in [6.45, 7) is 4.27. The third-order valence-electron chi connectivity index (χ3n) is 2.52. The third kappa shape index (κ3) is 3.71. The van der Waals surface area contributed by atoms with Crippen LogP contribution < -0.4 is 10.6 Å². The quantitative estimate of drug-likeness (QED) is 0.762. The molecule has 0 amide bonds. The molecule has 98 valence electrons. The molecular formula is C13H16N6. The maximum atomic E-state index is 8.98. The average Bonchev–Trinajstić information content (AvgIpc) is 2.89. The molecule has 2 heterocycles. The number of anilines is 2. The zero-order valence-corrected chi connectivity index (χ0v) is 10.9. The number of aromatic amines is 1. The van der Waals surface area contributed by atoms with E-state index in [0.29, 0.717) is 18.2 Å². The minimum Gasteiger partial charge on any atom is -0.367 e. The van der Waals surface area contributed by atoms with Crippen molar-refractivity contribution in [1.29, 1.82) is 5.26 Å². The van der Waals surface area contributed by atoms with Crippen LogP contribution in [-0.4, -0.2) is 20.5 Å². The summed E-state index contributed by atoms with van der Waals surface area (Å²) < 4.78 is 0. The van der Waals surface area contributed by atoms with Gasteiger partial charge in [0.05, 0.1) is 6.07 Å². The summed E-state index contributed by atoms with van der Waals surface area (Å²) in [6.07, 6.45) is 5.26. The first kappa shape index (κ1) is 12.9. The summed E-state index contributed by atoms with van der Waals surface area (Å²) in [5.41, 5.74) is 0.484. The molecular weight excluding hydrogens is 240 g/mol. The summed E-state index contributed by atoms with van der Waals surface area (Å²) in [4.78, 5) is 11.2. The molecule has 2 aromatic rings. The SMILES string of the molecule is CC(C)(C#N)Nc1cc(NCc2cc[nH]c2)ncn1.